The van der Waals surface area contributed by atoms with E-state index in [1.54, 1.807) is 7.05 Å². The topological polar surface area (TPSA) is 67.4 Å². The van der Waals surface area contributed by atoms with Crippen molar-refractivity contribution in [1.29, 1.82) is 0 Å². The zero-order chi connectivity index (χ0) is 11.0. The lowest BCUT2D eigenvalue weighted by atomic mass is 10.3. The molecule has 5 nitrogen and oxygen atoms in total. The first kappa shape index (κ1) is 13.7. The maximum absolute atomic E-state index is 11.2. The summed E-state index contributed by atoms with van der Waals surface area (Å²) in [6.45, 7) is 0.190. The summed E-state index contributed by atoms with van der Waals surface area (Å²) in [4.78, 5) is 22.3. The number of nitrogens with one attached hydrogen (secondary N) is 2. The lowest BCUT2D eigenvalue weighted by Crippen LogP contribution is -2.45. The first-order chi connectivity index (χ1) is 6.65. The minimum Gasteiger partial charge on any atom is -0.467 e. The second-order valence-corrected chi connectivity index (χ2v) is 4.17. The van der Waals surface area contributed by atoms with Gasteiger partial charge in [-0.15, -0.1) is 11.4 Å². The number of hydrogen-bond donors (Lipinski definition) is 2. The zero-order valence-corrected chi connectivity index (χ0v) is 10.2. The van der Waals surface area contributed by atoms with Gasteiger partial charge in [-0.1, -0.05) is 8.44 Å². The lowest BCUT2D eigenvalue weighted by Gasteiger charge is -2.14. The first-order valence-corrected chi connectivity index (χ1v) is 6.45. The van der Waals surface area contributed by atoms with Gasteiger partial charge in [-0.05, 0) is 7.05 Å². The zero-order valence-electron chi connectivity index (χ0n) is 8.20. The van der Waals surface area contributed by atoms with Crippen molar-refractivity contribution >= 4 is 31.7 Å². The first-order valence-electron chi connectivity index (χ1n) is 3.99. The van der Waals surface area contributed by atoms with Crippen LogP contribution in [0.2, 0.25) is 0 Å². The number of carbonyl (C=O) groups excluding carboxylic acids is 2. The maximum atomic E-state index is 11.2. The molecular weight excluding hydrogens is 223 g/mol. The Morgan fingerprint density at radius 1 is 1.57 bits per heavy atom. The Hall–Kier alpha value is -0.320. The molecule has 0 saturated carbocycles. The Morgan fingerprint density at radius 2 is 2.21 bits per heavy atom. The predicted octanol–water partition coefficient (Wildman–Crippen LogP) is -0.613. The summed E-state index contributed by atoms with van der Waals surface area (Å²) in [5, 5.41) is 5.26. The van der Waals surface area contributed by atoms with Crippen molar-refractivity contribution in [2.45, 2.75) is 6.04 Å². The number of hydrogen-bond acceptors (Lipinski definition) is 5. The van der Waals surface area contributed by atoms with Crippen molar-refractivity contribution in [2.24, 2.45) is 0 Å². The van der Waals surface area contributed by atoms with Crippen LogP contribution in [0.3, 0.4) is 0 Å². The lowest BCUT2D eigenvalue weighted by molar-refractivity contribution is -0.144. The Kier molecular flexibility index (Phi) is 7.84. The standard InChI is InChI=1S/C7H15N2O3PS/c1-8-3-6(10)9-5(4-14-13)7(11)12-2/h5,8H,3-4,13H2,1-2H3,(H,9,10). The molecular formula is C7H15N2O3PS. The Balaban J connectivity index is 4.08. The molecule has 14 heavy (non-hydrogen) atoms. The average molecular weight is 238 g/mol. The molecule has 2 N–H and O–H groups in total. The van der Waals surface area contributed by atoms with E-state index in [1.807, 2.05) is 0 Å². The number of rotatable bonds is 6. The van der Waals surface area contributed by atoms with Gasteiger partial charge in [0.1, 0.15) is 6.04 Å². The largest absolute Gasteiger partial charge is 0.467 e. The van der Waals surface area contributed by atoms with E-state index in [0.29, 0.717) is 5.75 Å². The third-order valence-electron chi connectivity index (χ3n) is 1.42. The van der Waals surface area contributed by atoms with Gasteiger partial charge in [-0.3, -0.25) is 4.79 Å². The molecule has 0 rings (SSSR count). The fourth-order valence-corrected chi connectivity index (χ4v) is 1.80. The summed E-state index contributed by atoms with van der Waals surface area (Å²) in [7, 11) is 5.38. The Bertz CT molecular complexity index is 203. The van der Waals surface area contributed by atoms with Crippen molar-refractivity contribution in [1.82, 2.24) is 10.6 Å². The van der Waals surface area contributed by atoms with E-state index in [9.17, 15) is 9.59 Å². The van der Waals surface area contributed by atoms with E-state index in [4.69, 9.17) is 0 Å². The number of methoxy groups -OCH3 is 1. The van der Waals surface area contributed by atoms with Crippen LogP contribution >= 0.6 is 19.8 Å². The monoisotopic (exact) mass is 238 g/mol. The molecule has 0 spiro atoms. The van der Waals surface area contributed by atoms with Crippen LogP contribution in [0.4, 0.5) is 0 Å². The van der Waals surface area contributed by atoms with Crippen molar-refractivity contribution in [3.63, 3.8) is 0 Å². The molecule has 0 aromatic carbocycles. The fourth-order valence-electron chi connectivity index (χ4n) is 0.813. The molecule has 82 valence electrons. The van der Waals surface area contributed by atoms with Crippen LogP contribution in [0.1, 0.15) is 0 Å². The third kappa shape index (κ3) is 5.42. The number of esters is 1. The summed E-state index contributed by atoms with van der Waals surface area (Å²) in [5.41, 5.74) is 0. The van der Waals surface area contributed by atoms with E-state index in [2.05, 4.69) is 23.8 Å². The van der Waals surface area contributed by atoms with E-state index >= 15 is 0 Å². The van der Waals surface area contributed by atoms with Gasteiger partial charge in [0.2, 0.25) is 5.91 Å². The quantitative estimate of drug-likeness (QED) is 0.477. The molecule has 0 bridgehead atoms. The smallest absolute Gasteiger partial charge is 0.329 e. The number of likely N-dealkylation sites (N-methyl/N-ethyl adjacent to an activating group) is 1. The third-order valence-corrected chi connectivity index (χ3v) is 2.52. The van der Waals surface area contributed by atoms with Crippen LogP contribution in [-0.4, -0.2) is 44.4 Å². The van der Waals surface area contributed by atoms with Crippen LogP contribution in [0.5, 0.6) is 0 Å². The van der Waals surface area contributed by atoms with Crippen LogP contribution in [0.25, 0.3) is 0 Å². The number of ether oxygens (including phenoxy) is 1. The van der Waals surface area contributed by atoms with E-state index in [-0.39, 0.29) is 12.5 Å². The highest BCUT2D eigenvalue weighted by Crippen LogP contribution is 2.12. The molecule has 0 saturated heterocycles. The molecule has 2 unspecified atom stereocenters. The number of amides is 1. The van der Waals surface area contributed by atoms with Gasteiger partial charge >= 0.3 is 5.97 Å². The van der Waals surface area contributed by atoms with Crippen LogP contribution in [-0.2, 0) is 14.3 Å². The van der Waals surface area contributed by atoms with Gasteiger partial charge < -0.3 is 15.4 Å². The highest BCUT2D eigenvalue weighted by atomic mass is 32.7. The van der Waals surface area contributed by atoms with Crippen LogP contribution in [0.15, 0.2) is 0 Å². The van der Waals surface area contributed by atoms with Crippen LogP contribution in [0, 0.1) is 0 Å². The molecule has 0 heterocycles. The molecule has 0 aliphatic carbocycles. The van der Waals surface area contributed by atoms with E-state index in [0.717, 1.165) is 0 Å². The molecule has 0 aromatic heterocycles. The molecule has 0 aliphatic heterocycles. The Morgan fingerprint density at radius 3 is 2.64 bits per heavy atom. The summed E-state index contributed by atoms with van der Waals surface area (Å²) < 4.78 is 4.55. The molecule has 0 aromatic rings. The van der Waals surface area contributed by atoms with E-state index < -0.39 is 12.0 Å². The second-order valence-electron chi connectivity index (χ2n) is 2.51. The molecule has 7 heteroatoms. The molecule has 2 atom stereocenters. The predicted molar refractivity (Wildman–Crippen MR) is 60.0 cm³/mol. The summed E-state index contributed by atoms with van der Waals surface area (Å²) in [5.74, 6) is -0.168. The van der Waals surface area contributed by atoms with Gasteiger partial charge in [-0.2, -0.15) is 0 Å². The number of carbonyl (C=O) groups is 2. The van der Waals surface area contributed by atoms with Gasteiger partial charge in [0, 0.05) is 5.75 Å². The van der Waals surface area contributed by atoms with Gasteiger partial charge in [0.15, 0.2) is 0 Å². The normalized spacial score (nSPS) is 11.9. The average Bonchev–Trinajstić information content (AvgIpc) is 2.16. The van der Waals surface area contributed by atoms with Gasteiger partial charge in [0.05, 0.1) is 13.7 Å². The van der Waals surface area contributed by atoms with Crippen molar-refractivity contribution < 1.29 is 14.3 Å². The molecule has 0 radical (unpaired) electrons. The fraction of sp³-hybridized carbons (Fsp3) is 0.714. The minimum absolute atomic E-state index is 0.190. The highest BCUT2D eigenvalue weighted by Gasteiger charge is 2.20. The van der Waals surface area contributed by atoms with Crippen molar-refractivity contribution in [2.75, 3.05) is 26.5 Å². The van der Waals surface area contributed by atoms with Crippen molar-refractivity contribution in [3.05, 3.63) is 0 Å². The summed E-state index contributed by atoms with van der Waals surface area (Å²) in [6, 6.07) is -0.580. The Labute approximate surface area is 89.7 Å². The maximum Gasteiger partial charge on any atom is 0.329 e. The van der Waals surface area contributed by atoms with E-state index in [1.165, 1.54) is 18.5 Å². The van der Waals surface area contributed by atoms with Gasteiger partial charge in [-0.25, -0.2) is 4.79 Å². The van der Waals surface area contributed by atoms with Gasteiger partial charge in [0.25, 0.3) is 0 Å². The molecule has 0 aliphatic rings. The summed E-state index contributed by atoms with van der Waals surface area (Å²) >= 11 is 1.39. The highest BCUT2D eigenvalue weighted by molar-refractivity contribution is 8.43. The minimum atomic E-state index is -0.580. The molecule has 0 fully saturated rings. The second kappa shape index (κ2) is 8.03. The molecule has 1 amide bonds. The van der Waals surface area contributed by atoms with Crippen LogP contribution < -0.4 is 10.6 Å². The van der Waals surface area contributed by atoms with Crippen molar-refractivity contribution in [3.8, 4) is 0 Å². The SMILES string of the molecule is CNCC(=O)NC(CSP)C(=O)OC. The summed E-state index contributed by atoms with van der Waals surface area (Å²) in [6.07, 6.45) is 0.